The SMILES string of the molecule is CC(C)(C)OC(=O)N1CCC(O)(c2cc(F)c(O)c(F)c2)CC1. The predicted molar refractivity (Wildman–Crippen MR) is 79.0 cm³/mol. The van der Waals surface area contributed by atoms with Crippen LogP contribution in [0.5, 0.6) is 5.75 Å². The topological polar surface area (TPSA) is 70.0 Å². The maximum Gasteiger partial charge on any atom is 0.410 e. The minimum Gasteiger partial charge on any atom is -0.503 e. The minimum atomic E-state index is -1.45. The van der Waals surface area contributed by atoms with E-state index < -0.39 is 34.7 Å². The third-order valence-corrected chi connectivity index (χ3v) is 3.80. The van der Waals surface area contributed by atoms with Crippen LogP contribution in [0.15, 0.2) is 12.1 Å². The van der Waals surface area contributed by atoms with Gasteiger partial charge in [-0.3, -0.25) is 0 Å². The number of piperidine rings is 1. The Morgan fingerprint density at radius 3 is 2.13 bits per heavy atom. The number of carbonyl (C=O) groups is 1. The number of aliphatic hydroxyl groups is 1. The van der Waals surface area contributed by atoms with E-state index in [0.29, 0.717) is 0 Å². The normalized spacial score (nSPS) is 17.9. The van der Waals surface area contributed by atoms with E-state index in [2.05, 4.69) is 0 Å². The van der Waals surface area contributed by atoms with Crippen LogP contribution in [-0.2, 0) is 10.3 Å². The molecule has 1 heterocycles. The van der Waals surface area contributed by atoms with Crippen molar-refractivity contribution in [2.24, 2.45) is 0 Å². The smallest absolute Gasteiger partial charge is 0.410 e. The van der Waals surface area contributed by atoms with Gasteiger partial charge in [-0.15, -0.1) is 0 Å². The molecule has 0 bridgehead atoms. The Balaban J connectivity index is 2.09. The molecular weight excluding hydrogens is 308 g/mol. The molecule has 1 amide bonds. The Morgan fingerprint density at radius 1 is 1.22 bits per heavy atom. The molecular formula is C16H21F2NO4. The second-order valence-electron chi connectivity index (χ2n) is 6.79. The van der Waals surface area contributed by atoms with Crippen molar-refractivity contribution >= 4 is 6.09 Å². The van der Waals surface area contributed by atoms with Crippen LogP contribution < -0.4 is 0 Å². The van der Waals surface area contributed by atoms with E-state index in [4.69, 9.17) is 9.84 Å². The lowest BCUT2D eigenvalue weighted by molar-refractivity contribution is -0.0360. The van der Waals surface area contributed by atoms with Crippen molar-refractivity contribution in [1.82, 2.24) is 4.90 Å². The molecule has 1 aromatic rings. The highest BCUT2D eigenvalue weighted by molar-refractivity contribution is 5.68. The Bertz CT molecular complexity index is 582. The zero-order valence-electron chi connectivity index (χ0n) is 13.4. The second kappa shape index (κ2) is 5.96. The van der Waals surface area contributed by atoms with Crippen LogP contribution >= 0.6 is 0 Å². The molecule has 2 N–H and O–H groups in total. The molecule has 128 valence electrons. The van der Waals surface area contributed by atoms with Crippen molar-refractivity contribution in [2.75, 3.05) is 13.1 Å². The van der Waals surface area contributed by atoms with Crippen LogP contribution in [-0.4, -0.2) is 39.9 Å². The molecule has 1 fully saturated rings. The highest BCUT2D eigenvalue weighted by atomic mass is 19.1. The van der Waals surface area contributed by atoms with Gasteiger partial charge < -0.3 is 19.8 Å². The van der Waals surface area contributed by atoms with Gasteiger partial charge in [0.2, 0.25) is 0 Å². The zero-order valence-corrected chi connectivity index (χ0v) is 13.4. The van der Waals surface area contributed by atoms with Gasteiger partial charge in [-0.05, 0) is 51.3 Å². The lowest BCUT2D eigenvalue weighted by Gasteiger charge is -2.39. The molecule has 0 aliphatic carbocycles. The lowest BCUT2D eigenvalue weighted by Crippen LogP contribution is -2.46. The Morgan fingerprint density at radius 2 is 1.70 bits per heavy atom. The van der Waals surface area contributed by atoms with Crippen LogP contribution in [0.2, 0.25) is 0 Å². The van der Waals surface area contributed by atoms with Crippen molar-refractivity contribution < 1.29 is 28.5 Å². The van der Waals surface area contributed by atoms with E-state index in [1.54, 1.807) is 20.8 Å². The number of phenolic OH excluding ortho intramolecular Hbond substituents is 1. The maximum atomic E-state index is 13.5. The van der Waals surface area contributed by atoms with Gasteiger partial charge in [0.25, 0.3) is 0 Å². The van der Waals surface area contributed by atoms with Crippen LogP contribution in [0.1, 0.15) is 39.2 Å². The van der Waals surface area contributed by atoms with Gasteiger partial charge in [-0.1, -0.05) is 0 Å². The van der Waals surface area contributed by atoms with Crippen LogP contribution in [0.25, 0.3) is 0 Å². The number of ether oxygens (including phenoxy) is 1. The van der Waals surface area contributed by atoms with E-state index >= 15 is 0 Å². The zero-order chi connectivity index (χ0) is 17.4. The van der Waals surface area contributed by atoms with Gasteiger partial charge in [0.15, 0.2) is 17.4 Å². The fourth-order valence-corrected chi connectivity index (χ4v) is 2.51. The van der Waals surface area contributed by atoms with E-state index in [1.807, 2.05) is 0 Å². The lowest BCUT2D eigenvalue weighted by atomic mass is 9.84. The third kappa shape index (κ3) is 3.90. The third-order valence-electron chi connectivity index (χ3n) is 3.80. The summed E-state index contributed by atoms with van der Waals surface area (Å²) in [6.45, 7) is 5.68. The number of benzene rings is 1. The maximum absolute atomic E-state index is 13.5. The molecule has 0 radical (unpaired) electrons. The predicted octanol–water partition coefficient (Wildman–Crippen LogP) is 2.89. The number of nitrogens with zero attached hydrogens (tertiary/aromatic N) is 1. The summed E-state index contributed by atoms with van der Waals surface area (Å²) in [4.78, 5) is 13.4. The average molecular weight is 329 g/mol. The van der Waals surface area contributed by atoms with E-state index in [-0.39, 0.29) is 31.5 Å². The highest BCUT2D eigenvalue weighted by Gasteiger charge is 2.37. The molecule has 0 atom stereocenters. The molecule has 7 heteroatoms. The quantitative estimate of drug-likeness (QED) is 0.831. The van der Waals surface area contributed by atoms with Crippen LogP contribution in [0.3, 0.4) is 0 Å². The van der Waals surface area contributed by atoms with E-state index in [0.717, 1.165) is 12.1 Å². The van der Waals surface area contributed by atoms with Crippen molar-refractivity contribution in [3.8, 4) is 5.75 Å². The number of carbonyl (C=O) groups excluding carboxylic acids is 1. The average Bonchev–Trinajstić information content (AvgIpc) is 2.43. The number of halogens is 2. The van der Waals surface area contributed by atoms with Gasteiger partial charge >= 0.3 is 6.09 Å². The summed E-state index contributed by atoms with van der Waals surface area (Å²) in [6.07, 6.45) is -0.242. The molecule has 0 saturated carbocycles. The number of likely N-dealkylation sites (tertiary alicyclic amines) is 1. The summed E-state index contributed by atoms with van der Waals surface area (Å²) in [5.74, 6) is -3.31. The van der Waals surface area contributed by atoms with Crippen molar-refractivity contribution in [2.45, 2.75) is 44.8 Å². The molecule has 2 rings (SSSR count). The molecule has 23 heavy (non-hydrogen) atoms. The Kier molecular flexibility index (Phi) is 4.52. The molecule has 0 aromatic heterocycles. The Hall–Kier alpha value is -1.89. The van der Waals surface area contributed by atoms with Gasteiger partial charge in [0.1, 0.15) is 5.60 Å². The Labute approximate surface area is 133 Å². The van der Waals surface area contributed by atoms with Gasteiger partial charge in [0.05, 0.1) is 5.60 Å². The minimum absolute atomic E-state index is 0.0501. The van der Waals surface area contributed by atoms with E-state index in [9.17, 15) is 18.7 Å². The molecule has 0 unspecified atom stereocenters. The fraction of sp³-hybridized carbons (Fsp3) is 0.562. The summed E-state index contributed by atoms with van der Waals surface area (Å²) >= 11 is 0. The summed E-state index contributed by atoms with van der Waals surface area (Å²) in [7, 11) is 0. The number of aromatic hydroxyl groups is 1. The van der Waals surface area contributed by atoms with Crippen LogP contribution in [0.4, 0.5) is 13.6 Å². The first-order valence-corrected chi connectivity index (χ1v) is 7.41. The van der Waals surface area contributed by atoms with Gasteiger partial charge in [0, 0.05) is 13.1 Å². The number of amides is 1. The summed E-state index contributed by atoms with van der Waals surface area (Å²) in [5, 5.41) is 19.8. The number of hydrogen-bond acceptors (Lipinski definition) is 4. The number of phenols is 1. The first kappa shape index (κ1) is 17.5. The van der Waals surface area contributed by atoms with Gasteiger partial charge in [-0.2, -0.15) is 0 Å². The number of rotatable bonds is 1. The summed E-state index contributed by atoms with van der Waals surface area (Å²) in [6, 6.07) is 1.84. The molecule has 1 saturated heterocycles. The molecule has 1 aliphatic heterocycles. The van der Waals surface area contributed by atoms with Crippen LogP contribution in [0, 0.1) is 11.6 Å². The van der Waals surface area contributed by atoms with Crippen molar-refractivity contribution in [1.29, 1.82) is 0 Å². The standard InChI is InChI=1S/C16H21F2NO4/c1-15(2,3)23-14(21)19-6-4-16(22,5-7-19)10-8-11(17)13(20)12(18)9-10/h8-9,20,22H,4-7H2,1-3H3. The van der Waals surface area contributed by atoms with Crippen molar-refractivity contribution in [3.63, 3.8) is 0 Å². The van der Waals surface area contributed by atoms with Gasteiger partial charge in [-0.25, -0.2) is 13.6 Å². The first-order chi connectivity index (χ1) is 10.5. The highest BCUT2D eigenvalue weighted by Crippen LogP contribution is 2.36. The fourth-order valence-electron chi connectivity index (χ4n) is 2.51. The van der Waals surface area contributed by atoms with Crippen molar-refractivity contribution in [3.05, 3.63) is 29.3 Å². The second-order valence-corrected chi connectivity index (χ2v) is 6.79. The molecule has 5 nitrogen and oxygen atoms in total. The number of hydrogen-bond donors (Lipinski definition) is 2. The molecule has 1 aliphatic rings. The monoisotopic (exact) mass is 329 g/mol. The molecule has 1 aromatic carbocycles. The molecule has 0 spiro atoms. The summed E-state index contributed by atoms with van der Waals surface area (Å²) < 4.78 is 32.2. The first-order valence-electron chi connectivity index (χ1n) is 7.41. The summed E-state index contributed by atoms with van der Waals surface area (Å²) in [5.41, 5.74) is -2.02. The van der Waals surface area contributed by atoms with E-state index in [1.165, 1.54) is 4.90 Å². The largest absolute Gasteiger partial charge is 0.503 e.